The normalized spacial score (nSPS) is 11.8. The van der Waals surface area contributed by atoms with Gasteiger partial charge in [-0.3, -0.25) is 0 Å². The predicted octanol–water partition coefficient (Wildman–Crippen LogP) is 16.0. The molecule has 0 aliphatic carbocycles. The molecule has 0 unspecified atom stereocenters. The standard InChI is InChI=1S/C73H52FGeN3/c74-55-37-42-62(43-38-55)78-69-34-20-19-33-65(69)67-50-63(44-47-71(67)78)76(61-40-35-54(36-41-61)73(52-21-7-1-8-22-52)53-23-9-2-10-24-53)64-45-48-72-68(51-64)66-49-59(39-46-70(66)77(72)60-31-17-6-18-32-60)75(56-25-11-3-12-26-56,57-27-13-4-14-28-57)58-29-15-5-16-30-58/h1-51,73H. The molecule has 12 aromatic carbocycles. The number of nitrogens with zero attached hydrogens (tertiary/aromatic N) is 3. The molecular formula is C73H52FGeN3. The van der Waals surface area contributed by atoms with Crippen molar-refractivity contribution in [3.63, 3.8) is 0 Å². The van der Waals surface area contributed by atoms with Crippen molar-refractivity contribution in [2.75, 3.05) is 4.90 Å². The summed E-state index contributed by atoms with van der Waals surface area (Å²) in [6.45, 7) is 0. The van der Waals surface area contributed by atoms with E-state index < -0.39 is 13.3 Å². The van der Waals surface area contributed by atoms with E-state index in [-0.39, 0.29) is 11.7 Å². The summed E-state index contributed by atoms with van der Waals surface area (Å²) >= 11 is -3.68. The number of hydrogen-bond acceptors (Lipinski definition) is 1. The minimum atomic E-state index is -3.68. The van der Waals surface area contributed by atoms with Crippen LogP contribution in [-0.4, -0.2) is 22.4 Å². The summed E-state index contributed by atoms with van der Waals surface area (Å²) in [5.74, 6) is -0.203. The van der Waals surface area contributed by atoms with Gasteiger partial charge in [0.1, 0.15) is 5.82 Å². The van der Waals surface area contributed by atoms with Gasteiger partial charge in [0.25, 0.3) is 0 Å². The molecule has 2 heterocycles. The molecule has 0 spiro atoms. The zero-order valence-electron chi connectivity index (χ0n) is 42.7. The Balaban J connectivity index is 1.02. The van der Waals surface area contributed by atoms with Crippen LogP contribution in [0.25, 0.3) is 55.0 Å². The zero-order valence-corrected chi connectivity index (χ0v) is 44.8. The van der Waals surface area contributed by atoms with Gasteiger partial charge in [0, 0.05) is 5.69 Å². The zero-order chi connectivity index (χ0) is 52.0. The second-order valence-corrected chi connectivity index (χ2v) is 28.2. The molecule has 0 saturated carbocycles. The Morgan fingerprint density at radius 3 is 1.17 bits per heavy atom. The van der Waals surface area contributed by atoms with Crippen LogP contribution in [0.2, 0.25) is 0 Å². The Bertz CT molecular complexity index is 4270. The van der Waals surface area contributed by atoms with Gasteiger partial charge >= 0.3 is 329 Å². The number of rotatable bonds is 12. The van der Waals surface area contributed by atoms with Gasteiger partial charge in [-0.2, -0.15) is 0 Å². The Morgan fingerprint density at radius 2 is 0.654 bits per heavy atom. The molecule has 14 aromatic rings. The van der Waals surface area contributed by atoms with Crippen molar-refractivity contribution in [1.82, 2.24) is 9.13 Å². The quantitative estimate of drug-likeness (QED) is 0.0878. The Hall–Kier alpha value is -9.49. The number of fused-ring (bicyclic) bond motifs is 6. The third-order valence-electron chi connectivity index (χ3n) is 15.8. The predicted molar refractivity (Wildman–Crippen MR) is 327 cm³/mol. The average Bonchev–Trinajstić information content (AvgIpc) is 4.22. The molecule has 0 aliphatic heterocycles. The van der Waals surface area contributed by atoms with Gasteiger partial charge in [0.15, 0.2) is 0 Å². The fraction of sp³-hybridized carbons (Fsp3) is 0.0137. The van der Waals surface area contributed by atoms with Crippen molar-refractivity contribution < 1.29 is 4.39 Å². The molecule has 78 heavy (non-hydrogen) atoms. The Morgan fingerprint density at radius 1 is 0.282 bits per heavy atom. The van der Waals surface area contributed by atoms with Crippen LogP contribution >= 0.6 is 0 Å². The summed E-state index contributed by atoms with van der Waals surface area (Å²) < 4.78 is 24.6. The third-order valence-corrected chi connectivity index (χ3v) is 25.8. The molecule has 0 bridgehead atoms. The molecule has 5 heteroatoms. The fourth-order valence-electron chi connectivity index (χ4n) is 12.4. The van der Waals surface area contributed by atoms with Crippen LogP contribution in [0, 0.1) is 5.82 Å². The molecule has 14 rings (SSSR count). The first-order valence-corrected chi connectivity index (χ1v) is 30.9. The molecule has 0 saturated heterocycles. The smallest absolute Gasteiger partial charge is 0.0242 e. The maximum atomic E-state index is 14.4. The van der Waals surface area contributed by atoms with Crippen molar-refractivity contribution >= 4 is 91.5 Å². The summed E-state index contributed by atoms with van der Waals surface area (Å²) in [4.78, 5) is 2.42. The number of aromatic nitrogens is 2. The van der Waals surface area contributed by atoms with E-state index in [0.29, 0.717) is 0 Å². The van der Waals surface area contributed by atoms with Gasteiger partial charge < -0.3 is 0 Å². The summed E-state index contributed by atoms with van der Waals surface area (Å²) in [5, 5.41) is 4.61. The van der Waals surface area contributed by atoms with Crippen LogP contribution in [0.5, 0.6) is 0 Å². The molecular weight excluding hydrogens is 1010 g/mol. The summed E-state index contributed by atoms with van der Waals surface area (Å²) in [7, 11) is 0. The molecule has 0 amide bonds. The van der Waals surface area contributed by atoms with Gasteiger partial charge in [-0.1, -0.05) is 72.8 Å². The van der Waals surface area contributed by atoms with Gasteiger partial charge in [-0.05, 0) is 41.5 Å². The van der Waals surface area contributed by atoms with Crippen molar-refractivity contribution in [2.45, 2.75) is 5.92 Å². The summed E-state index contributed by atoms with van der Waals surface area (Å²) in [6, 6.07) is 112. The van der Waals surface area contributed by atoms with E-state index in [0.717, 1.165) is 61.3 Å². The van der Waals surface area contributed by atoms with E-state index in [1.54, 1.807) is 0 Å². The van der Waals surface area contributed by atoms with Gasteiger partial charge in [-0.25, -0.2) is 4.39 Å². The minimum absolute atomic E-state index is 0.0538. The molecule has 370 valence electrons. The van der Waals surface area contributed by atoms with Crippen LogP contribution in [0.15, 0.2) is 309 Å². The van der Waals surface area contributed by atoms with E-state index >= 15 is 0 Å². The van der Waals surface area contributed by atoms with Gasteiger partial charge in [0.2, 0.25) is 0 Å². The first kappa shape index (κ1) is 47.0. The van der Waals surface area contributed by atoms with E-state index in [2.05, 4.69) is 299 Å². The second kappa shape index (κ2) is 19.9. The second-order valence-electron chi connectivity index (χ2n) is 20.2. The summed E-state index contributed by atoms with van der Waals surface area (Å²) in [6.07, 6.45) is 0. The monoisotopic (exact) mass is 1060 g/mol. The number of hydrogen-bond donors (Lipinski definition) is 0. The first-order valence-electron chi connectivity index (χ1n) is 26.7. The topological polar surface area (TPSA) is 13.1 Å². The van der Waals surface area contributed by atoms with Gasteiger partial charge in [0.05, 0.1) is 0 Å². The maximum absolute atomic E-state index is 14.4. The first-order chi connectivity index (χ1) is 38.6. The van der Waals surface area contributed by atoms with Crippen molar-refractivity contribution in [3.05, 3.63) is 332 Å². The molecule has 0 atom stereocenters. The third kappa shape index (κ3) is 8.03. The Kier molecular flexibility index (Phi) is 12.0. The van der Waals surface area contributed by atoms with Crippen molar-refractivity contribution in [3.8, 4) is 11.4 Å². The average molecular weight is 1060 g/mol. The van der Waals surface area contributed by atoms with Crippen molar-refractivity contribution in [2.24, 2.45) is 0 Å². The molecule has 0 radical (unpaired) electrons. The van der Waals surface area contributed by atoms with Crippen LogP contribution in [-0.2, 0) is 0 Å². The van der Waals surface area contributed by atoms with E-state index in [4.69, 9.17) is 0 Å². The van der Waals surface area contributed by atoms with E-state index in [1.807, 2.05) is 12.1 Å². The van der Waals surface area contributed by atoms with E-state index in [9.17, 15) is 4.39 Å². The van der Waals surface area contributed by atoms with Crippen LogP contribution < -0.4 is 22.5 Å². The number of anilines is 3. The summed E-state index contributed by atoms with van der Waals surface area (Å²) in [5.41, 5.74) is 13.2. The fourth-order valence-corrected chi connectivity index (χ4v) is 22.4. The molecule has 0 N–H and O–H groups in total. The Labute approximate surface area is 456 Å². The molecule has 2 aromatic heterocycles. The number of benzene rings is 12. The van der Waals surface area contributed by atoms with Crippen LogP contribution in [0.3, 0.4) is 0 Å². The molecule has 0 aliphatic rings. The van der Waals surface area contributed by atoms with Crippen LogP contribution in [0.4, 0.5) is 21.5 Å². The van der Waals surface area contributed by atoms with E-state index in [1.165, 1.54) is 57.2 Å². The molecule has 3 nitrogen and oxygen atoms in total. The van der Waals surface area contributed by atoms with Crippen LogP contribution in [0.1, 0.15) is 22.6 Å². The maximum Gasteiger partial charge on any atom is -0.0242 e. The minimum Gasteiger partial charge on any atom is -0.0351 e. The van der Waals surface area contributed by atoms with Crippen molar-refractivity contribution in [1.29, 1.82) is 0 Å². The number of para-hydroxylation sites is 2. The van der Waals surface area contributed by atoms with Gasteiger partial charge in [-0.15, -0.1) is 0 Å². The SMILES string of the molecule is Fc1ccc(-n2c3ccccc3c3cc(N(c4ccc(C(c5ccccc5)c5ccccc5)cc4)c4ccc5c(c4)c4c[c]([Ge]([c]6ccccc6)([c]6ccccc6)[c]6ccccc6)ccc4n5-c4ccccc4)ccc32)cc1. The number of halogens is 1. The largest absolute Gasteiger partial charge is 0.0351 e. The molecule has 0 fully saturated rings.